The molecule has 0 saturated carbocycles. The van der Waals surface area contributed by atoms with Crippen LogP contribution in [0.4, 0.5) is 11.6 Å². The van der Waals surface area contributed by atoms with E-state index in [9.17, 15) is 0 Å². The minimum atomic E-state index is 0.972. The van der Waals surface area contributed by atoms with Crippen molar-refractivity contribution in [1.82, 2.24) is 14.6 Å². The molecule has 0 N–H and O–H groups in total. The minimum Gasteiger partial charge on any atom is -0.352 e. The van der Waals surface area contributed by atoms with Crippen molar-refractivity contribution in [2.24, 2.45) is 0 Å². The number of fused-ring (bicyclic) bond motifs is 2. The standard InChI is InChI=1S/C18H19N5S/c1-2-7-16-14(5-1)18(21-24-16)23-10-8-22(9-11-23)17-12-13-4-3-6-15(13)19-20-17/h1-2,5,7,12H,3-4,6,8-11H2. The number of hydrogen-bond donors (Lipinski definition) is 0. The van der Waals surface area contributed by atoms with Gasteiger partial charge in [0.05, 0.1) is 10.4 Å². The lowest BCUT2D eigenvalue weighted by atomic mass is 10.2. The molecule has 3 heterocycles. The fraction of sp³-hybridized carbons (Fsp3) is 0.389. The second-order valence-electron chi connectivity index (χ2n) is 6.50. The van der Waals surface area contributed by atoms with Crippen LogP contribution in [0.1, 0.15) is 17.7 Å². The first kappa shape index (κ1) is 14.2. The number of aryl methyl sites for hydroxylation is 2. The van der Waals surface area contributed by atoms with E-state index >= 15 is 0 Å². The molecule has 24 heavy (non-hydrogen) atoms. The topological polar surface area (TPSA) is 45.2 Å². The summed E-state index contributed by atoms with van der Waals surface area (Å²) in [6.07, 6.45) is 3.47. The average Bonchev–Trinajstić information content (AvgIpc) is 3.28. The van der Waals surface area contributed by atoms with E-state index in [4.69, 9.17) is 0 Å². The van der Waals surface area contributed by atoms with Gasteiger partial charge in [0.15, 0.2) is 5.82 Å². The quantitative estimate of drug-likeness (QED) is 0.719. The van der Waals surface area contributed by atoms with Crippen LogP contribution in [-0.2, 0) is 12.8 Å². The third kappa shape index (κ3) is 2.33. The SMILES string of the molecule is c1ccc2c(N3CCN(c4cc5c(nn4)CCC5)CC3)nsc2c1. The van der Waals surface area contributed by atoms with E-state index in [2.05, 4.69) is 54.7 Å². The maximum atomic E-state index is 4.69. The van der Waals surface area contributed by atoms with Gasteiger partial charge in [-0.25, -0.2) is 0 Å². The van der Waals surface area contributed by atoms with Crippen LogP contribution >= 0.6 is 11.5 Å². The molecule has 1 fully saturated rings. The zero-order chi connectivity index (χ0) is 15.9. The van der Waals surface area contributed by atoms with Crippen molar-refractivity contribution in [2.75, 3.05) is 36.0 Å². The molecule has 1 saturated heterocycles. The molecule has 0 spiro atoms. The Bertz CT molecular complexity index is 882. The van der Waals surface area contributed by atoms with Gasteiger partial charge >= 0.3 is 0 Å². The second kappa shape index (κ2) is 5.70. The first-order chi connectivity index (χ1) is 11.9. The predicted octanol–water partition coefficient (Wildman–Crippen LogP) is 2.90. The van der Waals surface area contributed by atoms with Crippen molar-refractivity contribution in [2.45, 2.75) is 19.3 Å². The molecule has 3 aromatic rings. The normalized spacial score (nSPS) is 17.5. The third-order valence-corrected chi connectivity index (χ3v) is 5.89. The van der Waals surface area contributed by atoms with Crippen LogP contribution in [0.3, 0.4) is 0 Å². The predicted molar refractivity (Wildman–Crippen MR) is 98.1 cm³/mol. The summed E-state index contributed by atoms with van der Waals surface area (Å²) in [5, 5.41) is 10.2. The monoisotopic (exact) mass is 337 g/mol. The lowest BCUT2D eigenvalue weighted by molar-refractivity contribution is 0.640. The molecule has 6 heteroatoms. The summed E-state index contributed by atoms with van der Waals surface area (Å²) in [6.45, 7) is 3.90. The summed E-state index contributed by atoms with van der Waals surface area (Å²) >= 11 is 1.59. The molecule has 5 nitrogen and oxygen atoms in total. The van der Waals surface area contributed by atoms with Gasteiger partial charge in [-0.3, -0.25) is 0 Å². The molecule has 122 valence electrons. The maximum absolute atomic E-state index is 4.69. The van der Waals surface area contributed by atoms with Crippen LogP contribution in [0, 0.1) is 0 Å². The fourth-order valence-corrected chi connectivity index (χ4v) is 4.52. The molecule has 1 aliphatic carbocycles. The van der Waals surface area contributed by atoms with E-state index in [1.165, 1.54) is 27.8 Å². The highest BCUT2D eigenvalue weighted by Gasteiger charge is 2.23. The fourth-order valence-electron chi connectivity index (χ4n) is 3.72. The first-order valence-electron chi connectivity index (χ1n) is 8.58. The van der Waals surface area contributed by atoms with Crippen molar-refractivity contribution < 1.29 is 0 Å². The molecule has 0 bridgehead atoms. The average molecular weight is 337 g/mol. The molecule has 2 aliphatic rings. The van der Waals surface area contributed by atoms with Crippen LogP contribution in [0.15, 0.2) is 30.3 Å². The zero-order valence-corrected chi connectivity index (χ0v) is 14.3. The van der Waals surface area contributed by atoms with Gasteiger partial charge in [0.2, 0.25) is 0 Å². The molecule has 0 atom stereocenters. The highest BCUT2D eigenvalue weighted by atomic mass is 32.1. The highest BCUT2D eigenvalue weighted by molar-refractivity contribution is 7.13. The highest BCUT2D eigenvalue weighted by Crippen LogP contribution is 2.30. The Hall–Kier alpha value is -2.21. The Morgan fingerprint density at radius 2 is 1.75 bits per heavy atom. The van der Waals surface area contributed by atoms with Crippen molar-refractivity contribution >= 4 is 33.3 Å². The van der Waals surface area contributed by atoms with Gasteiger partial charge in [0, 0.05) is 31.6 Å². The minimum absolute atomic E-state index is 0.972. The number of piperazine rings is 1. The van der Waals surface area contributed by atoms with Crippen LogP contribution in [0.25, 0.3) is 10.1 Å². The van der Waals surface area contributed by atoms with E-state index < -0.39 is 0 Å². The molecule has 5 rings (SSSR count). The summed E-state index contributed by atoms with van der Waals surface area (Å²) < 4.78 is 5.95. The van der Waals surface area contributed by atoms with Crippen LogP contribution < -0.4 is 9.80 Å². The molecule has 1 aromatic carbocycles. The van der Waals surface area contributed by atoms with Gasteiger partial charge in [0.25, 0.3) is 0 Å². The smallest absolute Gasteiger partial charge is 0.151 e. The number of benzene rings is 1. The summed E-state index contributed by atoms with van der Waals surface area (Å²) in [7, 11) is 0. The number of hydrogen-bond acceptors (Lipinski definition) is 6. The number of aromatic nitrogens is 3. The van der Waals surface area contributed by atoms with Gasteiger partial charge in [-0.2, -0.15) is 9.47 Å². The van der Waals surface area contributed by atoms with Crippen LogP contribution in [-0.4, -0.2) is 40.7 Å². The third-order valence-electron chi connectivity index (χ3n) is 5.07. The largest absolute Gasteiger partial charge is 0.352 e. The molecular formula is C18H19N5S. The Kier molecular flexibility index (Phi) is 3.36. The van der Waals surface area contributed by atoms with Gasteiger partial charge < -0.3 is 9.80 Å². The molecule has 0 amide bonds. The van der Waals surface area contributed by atoms with Crippen molar-refractivity contribution in [3.8, 4) is 0 Å². The van der Waals surface area contributed by atoms with Gasteiger partial charge in [0.1, 0.15) is 5.82 Å². The Labute approximate surface area is 145 Å². The summed E-state index contributed by atoms with van der Waals surface area (Å²) in [4.78, 5) is 4.76. The van der Waals surface area contributed by atoms with Crippen molar-refractivity contribution in [3.63, 3.8) is 0 Å². The number of rotatable bonds is 2. The van der Waals surface area contributed by atoms with Crippen LogP contribution in [0.5, 0.6) is 0 Å². The Morgan fingerprint density at radius 1 is 0.917 bits per heavy atom. The summed E-state index contributed by atoms with van der Waals surface area (Å²) in [6, 6.07) is 10.7. The van der Waals surface area contributed by atoms with Gasteiger partial charge in [-0.1, -0.05) is 12.1 Å². The zero-order valence-electron chi connectivity index (χ0n) is 13.5. The molecule has 0 unspecified atom stereocenters. The van der Waals surface area contributed by atoms with Crippen LogP contribution in [0.2, 0.25) is 0 Å². The number of anilines is 2. The maximum Gasteiger partial charge on any atom is 0.151 e. The van der Waals surface area contributed by atoms with E-state index in [-0.39, 0.29) is 0 Å². The molecule has 0 radical (unpaired) electrons. The van der Waals surface area contributed by atoms with Crippen molar-refractivity contribution in [3.05, 3.63) is 41.6 Å². The van der Waals surface area contributed by atoms with E-state index in [1.54, 1.807) is 11.5 Å². The lowest BCUT2D eigenvalue weighted by Gasteiger charge is -2.35. The van der Waals surface area contributed by atoms with Gasteiger partial charge in [-0.05, 0) is 54.6 Å². The Balaban J connectivity index is 1.34. The molecular weight excluding hydrogens is 318 g/mol. The van der Waals surface area contributed by atoms with E-state index in [1.807, 2.05) is 0 Å². The number of nitrogens with zero attached hydrogens (tertiary/aromatic N) is 5. The summed E-state index contributed by atoms with van der Waals surface area (Å²) in [5.74, 6) is 2.17. The molecule has 1 aliphatic heterocycles. The lowest BCUT2D eigenvalue weighted by Crippen LogP contribution is -2.47. The van der Waals surface area contributed by atoms with E-state index in [0.29, 0.717) is 0 Å². The molecule has 2 aromatic heterocycles. The second-order valence-corrected chi connectivity index (χ2v) is 7.31. The van der Waals surface area contributed by atoms with Crippen molar-refractivity contribution in [1.29, 1.82) is 0 Å². The first-order valence-corrected chi connectivity index (χ1v) is 9.35. The summed E-state index contributed by atoms with van der Waals surface area (Å²) in [5.41, 5.74) is 2.60. The Morgan fingerprint density at radius 3 is 2.67 bits per heavy atom. The van der Waals surface area contributed by atoms with Gasteiger partial charge in [-0.15, -0.1) is 5.10 Å². The van der Waals surface area contributed by atoms with E-state index in [0.717, 1.165) is 50.7 Å².